The molecule has 138 valence electrons. The van der Waals surface area contributed by atoms with E-state index in [1.54, 1.807) is 6.07 Å². The Morgan fingerprint density at radius 2 is 1.96 bits per heavy atom. The number of amides is 1. The molecule has 2 unspecified atom stereocenters. The first-order chi connectivity index (χ1) is 12.0. The van der Waals surface area contributed by atoms with E-state index >= 15 is 0 Å². The molecule has 2 aromatic rings. The van der Waals surface area contributed by atoms with Gasteiger partial charge in [0.2, 0.25) is 5.91 Å². The molecule has 0 aromatic heterocycles. The van der Waals surface area contributed by atoms with Gasteiger partial charge in [0, 0.05) is 18.5 Å². The van der Waals surface area contributed by atoms with Crippen molar-refractivity contribution >= 4 is 24.0 Å². The summed E-state index contributed by atoms with van der Waals surface area (Å²) < 4.78 is 41.4. The Morgan fingerprint density at radius 3 is 2.73 bits per heavy atom. The summed E-state index contributed by atoms with van der Waals surface area (Å²) in [6.45, 7) is 1.32. The second-order valence-corrected chi connectivity index (χ2v) is 6.60. The lowest BCUT2D eigenvalue weighted by atomic mass is 9.99. The number of carbonyl (C=O) groups excluding carboxylic acids is 1. The highest BCUT2D eigenvalue weighted by Gasteiger charge is 2.45. The zero-order valence-electron chi connectivity index (χ0n) is 13.8. The third kappa shape index (κ3) is 3.44. The van der Waals surface area contributed by atoms with Crippen LogP contribution in [0.2, 0.25) is 0 Å². The SMILES string of the molecule is Cl.O=C(Nc1ccc2c(c1F)CCNC2)C1CC1c1ccc(F)cc1F. The van der Waals surface area contributed by atoms with Crippen LogP contribution >= 0.6 is 12.4 Å². The largest absolute Gasteiger partial charge is 0.323 e. The third-order valence-electron chi connectivity index (χ3n) is 4.95. The number of hydrogen-bond donors (Lipinski definition) is 2. The van der Waals surface area contributed by atoms with Gasteiger partial charge in [-0.05, 0) is 54.1 Å². The van der Waals surface area contributed by atoms with Crippen molar-refractivity contribution in [2.24, 2.45) is 5.92 Å². The molecule has 4 rings (SSSR count). The number of nitrogens with one attached hydrogen (secondary N) is 2. The molecule has 2 aliphatic rings. The Bertz CT molecular complexity index is 859. The number of hydrogen-bond acceptors (Lipinski definition) is 2. The molecule has 0 bridgehead atoms. The van der Waals surface area contributed by atoms with E-state index in [0.717, 1.165) is 11.6 Å². The van der Waals surface area contributed by atoms with Crippen LogP contribution in [-0.4, -0.2) is 12.5 Å². The fourth-order valence-corrected chi connectivity index (χ4v) is 3.49. The van der Waals surface area contributed by atoms with E-state index in [1.807, 2.05) is 6.07 Å². The first-order valence-corrected chi connectivity index (χ1v) is 8.31. The molecule has 1 amide bonds. The maximum Gasteiger partial charge on any atom is 0.228 e. The average Bonchev–Trinajstić information content (AvgIpc) is 3.38. The Hall–Kier alpha value is -2.05. The molecule has 0 saturated heterocycles. The Kier molecular flexibility index (Phi) is 5.25. The fourth-order valence-electron chi connectivity index (χ4n) is 3.49. The maximum atomic E-state index is 14.6. The van der Waals surface area contributed by atoms with E-state index in [2.05, 4.69) is 10.6 Å². The van der Waals surface area contributed by atoms with Crippen LogP contribution < -0.4 is 10.6 Å². The monoisotopic (exact) mass is 382 g/mol. The van der Waals surface area contributed by atoms with Gasteiger partial charge in [-0.15, -0.1) is 12.4 Å². The van der Waals surface area contributed by atoms with Crippen molar-refractivity contribution in [3.05, 3.63) is 64.5 Å². The van der Waals surface area contributed by atoms with E-state index < -0.39 is 23.4 Å². The smallest absolute Gasteiger partial charge is 0.228 e. The molecule has 26 heavy (non-hydrogen) atoms. The van der Waals surface area contributed by atoms with Crippen LogP contribution in [0.3, 0.4) is 0 Å². The molecule has 1 aliphatic heterocycles. The highest BCUT2D eigenvalue weighted by Crippen LogP contribution is 2.49. The van der Waals surface area contributed by atoms with Crippen molar-refractivity contribution in [3.63, 3.8) is 0 Å². The summed E-state index contributed by atoms with van der Waals surface area (Å²) in [7, 11) is 0. The van der Waals surface area contributed by atoms with Gasteiger partial charge in [-0.25, -0.2) is 13.2 Å². The maximum absolute atomic E-state index is 14.6. The quantitative estimate of drug-likeness (QED) is 0.845. The molecule has 1 aliphatic carbocycles. The lowest BCUT2D eigenvalue weighted by Crippen LogP contribution is -2.25. The molecular formula is C19H18ClF3N2O. The minimum atomic E-state index is -0.646. The van der Waals surface area contributed by atoms with Crippen molar-refractivity contribution < 1.29 is 18.0 Å². The molecule has 2 N–H and O–H groups in total. The first-order valence-electron chi connectivity index (χ1n) is 8.31. The van der Waals surface area contributed by atoms with Crippen LogP contribution in [0.15, 0.2) is 30.3 Å². The number of carbonyl (C=O) groups is 1. The van der Waals surface area contributed by atoms with Gasteiger partial charge in [0.1, 0.15) is 17.5 Å². The summed E-state index contributed by atoms with van der Waals surface area (Å²) in [5.74, 6) is -2.72. The van der Waals surface area contributed by atoms with Gasteiger partial charge in [0.15, 0.2) is 0 Å². The van der Waals surface area contributed by atoms with Gasteiger partial charge >= 0.3 is 0 Å². The molecule has 1 fully saturated rings. The van der Waals surface area contributed by atoms with E-state index in [-0.39, 0.29) is 29.9 Å². The minimum Gasteiger partial charge on any atom is -0.323 e. The second-order valence-electron chi connectivity index (χ2n) is 6.60. The van der Waals surface area contributed by atoms with Crippen molar-refractivity contribution in [2.45, 2.75) is 25.3 Å². The van der Waals surface area contributed by atoms with Crippen molar-refractivity contribution in [2.75, 3.05) is 11.9 Å². The summed E-state index contributed by atoms with van der Waals surface area (Å²) in [5.41, 5.74) is 2.03. The van der Waals surface area contributed by atoms with Gasteiger partial charge in [-0.3, -0.25) is 4.79 Å². The molecule has 7 heteroatoms. The second kappa shape index (κ2) is 7.29. The highest BCUT2D eigenvalue weighted by atomic mass is 35.5. The summed E-state index contributed by atoms with van der Waals surface area (Å²) in [5, 5.41) is 5.80. The van der Waals surface area contributed by atoms with Gasteiger partial charge in [0.05, 0.1) is 5.69 Å². The molecule has 1 heterocycles. The standard InChI is InChI=1S/C19H17F3N2O.ClH/c20-11-2-3-13(16(21)7-11)14-8-15(14)19(25)24-17-4-1-10-9-23-6-5-12(10)18(17)22;/h1-4,7,14-15,23H,5-6,8-9H2,(H,24,25);1H. The molecule has 3 nitrogen and oxygen atoms in total. The van der Waals surface area contributed by atoms with Crippen molar-refractivity contribution in [1.29, 1.82) is 0 Å². The average molecular weight is 383 g/mol. The number of anilines is 1. The molecule has 2 aromatic carbocycles. The van der Waals surface area contributed by atoms with Gasteiger partial charge in [-0.2, -0.15) is 0 Å². The van der Waals surface area contributed by atoms with Crippen LogP contribution in [0, 0.1) is 23.4 Å². The van der Waals surface area contributed by atoms with Crippen LogP contribution in [0.25, 0.3) is 0 Å². The summed E-state index contributed by atoms with van der Waals surface area (Å²) >= 11 is 0. The number of benzene rings is 2. The molecule has 1 saturated carbocycles. The predicted molar refractivity (Wildman–Crippen MR) is 94.9 cm³/mol. The van der Waals surface area contributed by atoms with Crippen molar-refractivity contribution in [3.8, 4) is 0 Å². The summed E-state index contributed by atoms with van der Waals surface area (Å²) in [6.07, 6.45) is 1.06. The van der Waals surface area contributed by atoms with Crippen molar-refractivity contribution in [1.82, 2.24) is 5.32 Å². The normalized spacial score (nSPS) is 20.7. The summed E-state index contributed by atoms with van der Waals surface area (Å²) in [6, 6.07) is 6.75. The predicted octanol–water partition coefficient (Wildman–Crippen LogP) is 3.91. The van der Waals surface area contributed by atoms with Gasteiger partial charge in [0.25, 0.3) is 0 Å². The highest BCUT2D eigenvalue weighted by molar-refractivity contribution is 5.95. The van der Waals surface area contributed by atoms with E-state index in [4.69, 9.17) is 0 Å². The van der Waals surface area contributed by atoms with E-state index in [1.165, 1.54) is 12.1 Å². The topological polar surface area (TPSA) is 41.1 Å². The fraction of sp³-hybridized carbons (Fsp3) is 0.316. The zero-order valence-corrected chi connectivity index (χ0v) is 14.6. The van der Waals surface area contributed by atoms with Gasteiger partial charge < -0.3 is 10.6 Å². The van der Waals surface area contributed by atoms with Crippen LogP contribution in [0.4, 0.5) is 18.9 Å². The number of halogens is 4. The Morgan fingerprint density at radius 1 is 1.15 bits per heavy atom. The molecule has 0 radical (unpaired) electrons. The lowest BCUT2D eigenvalue weighted by molar-refractivity contribution is -0.117. The summed E-state index contributed by atoms with van der Waals surface area (Å²) in [4.78, 5) is 12.4. The molecular weight excluding hydrogens is 365 g/mol. The van der Waals surface area contributed by atoms with Gasteiger partial charge in [-0.1, -0.05) is 12.1 Å². The molecule has 2 atom stereocenters. The first kappa shape index (κ1) is 18.7. The molecule has 0 spiro atoms. The Labute approximate surface area is 155 Å². The number of rotatable bonds is 3. The van der Waals surface area contributed by atoms with E-state index in [0.29, 0.717) is 37.1 Å². The van der Waals surface area contributed by atoms with Crippen LogP contribution in [0.5, 0.6) is 0 Å². The minimum absolute atomic E-state index is 0. The van der Waals surface area contributed by atoms with Crippen LogP contribution in [0.1, 0.15) is 29.0 Å². The van der Waals surface area contributed by atoms with E-state index in [9.17, 15) is 18.0 Å². The Balaban J connectivity index is 0.00000196. The third-order valence-corrected chi connectivity index (χ3v) is 4.95. The van der Waals surface area contributed by atoms with Crippen LogP contribution in [-0.2, 0) is 17.8 Å². The number of fused-ring (bicyclic) bond motifs is 1. The zero-order chi connectivity index (χ0) is 17.6. The lowest BCUT2D eigenvalue weighted by Gasteiger charge is -2.19.